The highest BCUT2D eigenvalue weighted by molar-refractivity contribution is 6.30. The fourth-order valence-corrected chi connectivity index (χ4v) is 5.58. The fourth-order valence-electron chi connectivity index (χ4n) is 5.40. The van der Waals surface area contributed by atoms with Gasteiger partial charge in [0, 0.05) is 47.4 Å². The van der Waals surface area contributed by atoms with Gasteiger partial charge in [0.05, 0.1) is 23.6 Å². The van der Waals surface area contributed by atoms with Gasteiger partial charge in [-0.15, -0.1) is 5.10 Å². The third-order valence-corrected chi connectivity index (χ3v) is 7.79. The molecule has 3 heterocycles. The molecule has 2 aromatic carbocycles. The van der Waals surface area contributed by atoms with E-state index in [4.69, 9.17) is 16.7 Å². The monoisotopic (exact) mass is 629 g/mol. The Morgan fingerprint density at radius 1 is 1.11 bits per heavy atom. The van der Waals surface area contributed by atoms with Crippen LogP contribution >= 0.6 is 11.6 Å². The molecule has 13 nitrogen and oxygen atoms in total. The Hall–Kier alpha value is -5.17. The van der Waals surface area contributed by atoms with E-state index in [9.17, 15) is 14.4 Å². The van der Waals surface area contributed by atoms with Crippen LogP contribution in [-0.2, 0) is 9.59 Å². The molecule has 0 spiro atoms. The number of nitrogens with zero attached hydrogens (tertiary/aromatic N) is 7. The molecule has 2 atom stereocenters. The number of tetrazole rings is 1. The van der Waals surface area contributed by atoms with Crippen molar-refractivity contribution in [1.82, 2.24) is 40.6 Å². The molecule has 1 aliphatic rings. The Bertz CT molecular complexity index is 1680. The predicted molar refractivity (Wildman–Crippen MR) is 167 cm³/mol. The average Bonchev–Trinajstić information content (AvgIpc) is 3.58. The summed E-state index contributed by atoms with van der Waals surface area (Å²) in [5, 5.41) is 34.8. The Labute approximate surface area is 264 Å². The summed E-state index contributed by atoms with van der Waals surface area (Å²) < 4.78 is 1.48. The minimum Gasteiger partial charge on any atom is -0.465 e. The highest BCUT2D eigenvalue weighted by atomic mass is 35.5. The SMILES string of the molecule is CCC(=O)N1CCCC(C[C@H](NC(=O)C=Cc2cc(Cl)ccc2-n2cnnn2)c2cc(-c3ccc(NC(=O)O)cc3)cnn2)C1. The molecule has 0 bridgehead atoms. The number of carbonyl (C=O) groups is 3. The van der Waals surface area contributed by atoms with Crippen molar-refractivity contribution in [2.24, 2.45) is 5.92 Å². The van der Waals surface area contributed by atoms with Crippen LogP contribution in [0.25, 0.3) is 22.9 Å². The number of anilines is 1. The first kappa shape index (κ1) is 31.3. The Morgan fingerprint density at radius 3 is 2.67 bits per heavy atom. The summed E-state index contributed by atoms with van der Waals surface area (Å²) in [6.07, 6.45) is 7.79. The van der Waals surface area contributed by atoms with E-state index in [1.165, 1.54) is 17.1 Å². The molecule has 0 aliphatic carbocycles. The molecule has 5 rings (SSSR count). The number of piperidine rings is 1. The quantitative estimate of drug-likeness (QED) is 0.209. The Morgan fingerprint density at radius 2 is 1.93 bits per heavy atom. The topological polar surface area (TPSA) is 168 Å². The minimum atomic E-state index is -1.15. The van der Waals surface area contributed by atoms with Crippen molar-refractivity contribution in [3.63, 3.8) is 0 Å². The van der Waals surface area contributed by atoms with Crippen molar-refractivity contribution in [3.05, 3.63) is 83.4 Å². The van der Waals surface area contributed by atoms with Crippen molar-refractivity contribution in [2.45, 2.75) is 38.6 Å². The van der Waals surface area contributed by atoms with Crippen LogP contribution in [0.4, 0.5) is 10.5 Å². The second-order valence-electron chi connectivity index (χ2n) is 10.7. The van der Waals surface area contributed by atoms with E-state index in [0.717, 1.165) is 30.5 Å². The highest BCUT2D eigenvalue weighted by Crippen LogP contribution is 2.30. The summed E-state index contributed by atoms with van der Waals surface area (Å²) in [4.78, 5) is 38.7. The van der Waals surface area contributed by atoms with Crippen LogP contribution in [0.5, 0.6) is 0 Å². The van der Waals surface area contributed by atoms with E-state index in [2.05, 4.69) is 36.4 Å². The van der Waals surface area contributed by atoms with Gasteiger partial charge >= 0.3 is 6.09 Å². The van der Waals surface area contributed by atoms with Gasteiger partial charge in [-0.1, -0.05) is 30.7 Å². The number of benzene rings is 2. The van der Waals surface area contributed by atoms with Gasteiger partial charge in [0.15, 0.2) is 0 Å². The lowest BCUT2D eigenvalue weighted by molar-refractivity contribution is -0.132. The molecule has 1 fully saturated rings. The zero-order chi connectivity index (χ0) is 31.8. The van der Waals surface area contributed by atoms with Crippen LogP contribution in [0.3, 0.4) is 0 Å². The molecule has 2 aromatic heterocycles. The van der Waals surface area contributed by atoms with Crippen molar-refractivity contribution in [3.8, 4) is 16.8 Å². The lowest BCUT2D eigenvalue weighted by Crippen LogP contribution is -2.41. The molecule has 45 heavy (non-hydrogen) atoms. The summed E-state index contributed by atoms with van der Waals surface area (Å²) in [5.41, 5.74) is 3.87. The number of aromatic nitrogens is 6. The molecular formula is C31H32ClN9O4. The second kappa shape index (κ2) is 14.5. The molecule has 0 saturated carbocycles. The number of amides is 3. The molecule has 1 aliphatic heterocycles. The summed E-state index contributed by atoms with van der Waals surface area (Å²) in [7, 11) is 0. The van der Waals surface area contributed by atoms with Gasteiger partial charge in [0.2, 0.25) is 11.8 Å². The molecule has 1 unspecified atom stereocenters. The summed E-state index contributed by atoms with van der Waals surface area (Å²) in [5.74, 6) is -0.0864. The summed E-state index contributed by atoms with van der Waals surface area (Å²) in [6.45, 7) is 3.20. The van der Waals surface area contributed by atoms with Crippen LogP contribution in [-0.4, -0.2) is 71.4 Å². The van der Waals surface area contributed by atoms with E-state index < -0.39 is 12.1 Å². The minimum absolute atomic E-state index is 0.116. The van der Waals surface area contributed by atoms with Gasteiger partial charge in [0.1, 0.15) is 6.33 Å². The third kappa shape index (κ3) is 8.26. The molecule has 3 N–H and O–H groups in total. The van der Waals surface area contributed by atoms with Crippen LogP contribution in [0.1, 0.15) is 49.9 Å². The predicted octanol–water partition coefficient (Wildman–Crippen LogP) is 4.77. The van der Waals surface area contributed by atoms with Crippen LogP contribution in [0, 0.1) is 5.92 Å². The van der Waals surface area contributed by atoms with Crippen LogP contribution in [0.15, 0.2) is 67.1 Å². The molecule has 232 valence electrons. The molecule has 4 aromatic rings. The largest absolute Gasteiger partial charge is 0.465 e. The van der Waals surface area contributed by atoms with Gasteiger partial charge in [0.25, 0.3) is 0 Å². The second-order valence-corrected chi connectivity index (χ2v) is 11.1. The number of halogens is 1. The van der Waals surface area contributed by atoms with E-state index in [-0.39, 0.29) is 17.7 Å². The molecular weight excluding hydrogens is 598 g/mol. The van der Waals surface area contributed by atoms with E-state index in [0.29, 0.717) is 47.0 Å². The maximum absolute atomic E-state index is 13.4. The molecule has 14 heteroatoms. The molecule has 3 amide bonds. The Kier molecular flexibility index (Phi) is 10.1. The number of carbonyl (C=O) groups excluding carboxylic acids is 2. The number of rotatable bonds is 10. The van der Waals surface area contributed by atoms with Crippen molar-refractivity contribution in [1.29, 1.82) is 0 Å². The molecule has 0 radical (unpaired) electrons. The fraction of sp³-hybridized carbons (Fsp3) is 0.290. The maximum Gasteiger partial charge on any atom is 0.409 e. The standard InChI is InChI=1S/C31H32ClN9O4/c1-2-30(43)40-13-3-4-20(18-40)14-26(27-16-23(17-33-37-27)21-5-9-25(10-6-21)35-31(44)45)36-29(42)12-7-22-15-24(32)8-11-28(22)41-19-34-38-39-41/h5-12,15-17,19-20,26,35H,2-4,13-14,18H2,1H3,(H,36,42)(H,44,45)/t20?,26-/m0/s1. The number of hydrogen-bond donors (Lipinski definition) is 3. The smallest absolute Gasteiger partial charge is 0.409 e. The zero-order valence-corrected chi connectivity index (χ0v) is 25.3. The summed E-state index contributed by atoms with van der Waals surface area (Å²) >= 11 is 6.24. The number of nitrogens with one attached hydrogen (secondary N) is 2. The van der Waals surface area contributed by atoms with Crippen molar-refractivity contribution in [2.75, 3.05) is 18.4 Å². The third-order valence-electron chi connectivity index (χ3n) is 7.56. The van der Waals surface area contributed by atoms with Gasteiger partial charge in [-0.3, -0.25) is 14.9 Å². The van der Waals surface area contributed by atoms with Crippen molar-refractivity contribution < 1.29 is 19.5 Å². The normalized spacial score (nSPS) is 15.5. The number of carboxylic acid groups (broad SMARTS) is 1. The number of hydrogen-bond acceptors (Lipinski definition) is 8. The summed E-state index contributed by atoms with van der Waals surface area (Å²) in [6, 6.07) is 13.4. The van der Waals surface area contributed by atoms with E-state index >= 15 is 0 Å². The Balaban J connectivity index is 1.40. The lowest BCUT2D eigenvalue weighted by atomic mass is 9.89. The first-order valence-corrected chi connectivity index (χ1v) is 14.9. The molecule has 1 saturated heterocycles. The van der Waals surface area contributed by atoms with Crippen LogP contribution in [0.2, 0.25) is 5.02 Å². The van der Waals surface area contributed by atoms with Gasteiger partial charge in [-0.25, -0.2) is 4.79 Å². The maximum atomic E-state index is 13.4. The first-order chi connectivity index (χ1) is 21.8. The highest BCUT2D eigenvalue weighted by Gasteiger charge is 2.27. The van der Waals surface area contributed by atoms with E-state index in [1.54, 1.807) is 54.7 Å². The first-order valence-electron chi connectivity index (χ1n) is 14.5. The van der Waals surface area contributed by atoms with Gasteiger partial charge < -0.3 is 15.3 Å². The van der Waals surface area contributed by atoms with Crippen LogP contribution < -0.4 is 10.6 Å². The number of likely N-dealkylation sites (tertiary alicyclic amines) is 1. The van der Waals surface area contributed by atoms with Crippen molar-refractivity contribution >= 4 is 41.3 Å². The van der Waals surface area contributed by atoms with E-state index in [1.807, 2.05) is 17.9 Å². The van der Waals surface area contributed by atoms with Gasteiger partial charge in [-0.05, 0) is 83.6 Å². The average molecular weight is 630 g/mol. The lowest BCUT2D eigenvalue weighted by Gasteiger charge is -2.34. The zero-order valence-electron chi connectivity index (χ0n) is 24.5. The van der Waals surface area contributed by atoms with Gasteiger partial charge in [-0.2, -0.15) is 14.9 Å².